The Labute approximate surface area is 198 Å². The molecule has 2 heterocycles. The number of oxazole rings is 1. The molecule has 10 heteroatoms. The number of piperidine rings is 1. The van der Waals surface area contributed by atoms with Gasteiger partial charge in [0.25, 0.3) is 6.01 Å². The molecule has 33 heavy (non-hydrogen) atoms. The molecule has 1 aliphatic rings. The molecule has 0 atom stereocenters. The molecule has 0 unspecified atom stereocenters. The fourth-order valence-corrected chi connectivity index (χ4v) is 6.01. The lowest BCUT2D eigenvalue weighted by molar-refractivity contribution is -0.120. The Morgan fingerprint density at radius 1 is 1.18 bits per heavy atom. The van der Waals surface area contributed by atoms with E-state index in [0.29, 0.717) is 50.7 Å². The molecule has 4 rings (SSSR count). The fraction of sp³-hybridized carbons (Fsp3) is 0.391. The van der Waals surface area contributed by atoms with Crippen molar-refractivity contribution in [3.63, 3.8) is 0 Å². The van der Waals surface area contributed by atoms with Crippen molar-refractivity contribution in [3.05, 3.63) is 47.5 Å². The predicted molar refractivity (Wildman–Crippen MR) is 129 cm³/mol. The molecule has 0 bridgehead atoms. The Morgan fingerprint density at radius 2 is 1.88 bits per heavy atom. The van der Waals surface area contributed by atoms with E-state index in [0.717, 1.165) is 11.1 Å². The summed E-state index contributed by atoms with van der Waals surface area (Å²) in [6, 6.07) is 12.7. The number of carbonyl (C=O) groups excluding carboxylic acids is 1. The number of hydrogen-bond donors (Lipinski definition) is 1. The predicted octanol–water partition coefficient (Wildman–Crippen LogP) is 4.37. The van der Waals surface area contributed by atoms with E-state index < -0.39 is 10.0 Å². The highest BCUT2D eigenvalue weighted by Gasteiger charge is 2.29. The summed E-state index contributed by atoms with van der Waals surface area (Å²) >= 11 is 6.19. The number of halogens is 1. The Balaban J connectivity index is 1.42. The summed E-state index contributed by atoms with van der Waals surface area (Å²) in [5.41, 5.74) is 1.97. The molecule has 1 aliphatic heterocycles. The maximum Gasteiger partial charge on any atom is 0.298 e. The first kappa shape index (κ1) is 23.5. The number of amides is 1. The summed E-state index contributed by atoms with van der Waals surface area (Å²) in [4.78, 5) is 19.4. The maximum absolute atomic E-state index is 12.9. The van der Waals surface area contributed by atoms with E-state index in [-0.39, 0.29) is 21.7 Å². The molecule has 0 aliphatic carbocycles. The quantitative estimate of drug-likeness (QED) is 0.528. The molecule has 0 saturated carbocycles. The van der Waals surface area contributed by atoms with Gasteiger partial charge >= 0.3 is 0 Å². The zero-order chi connectivity index (χ0) is 23.6. The molecule has 1 saturated heterocycles. The van der Waals surface area contributed by atoms with E-state index in [1.54, 1.807) is 19.9 Å². The van der Waals surface area contributed by atoms with Crippen LogP contribution >= 0.6 is 11.6 Å². The minimum Gasteiger partial charge on any atom is -0.423 e. The van der Waals surface area contributed by atoms with E-state index in [1.165, 1.54) is 16.4 Å². The van der Waals surface area contributed by atoms with Crippen LogP contribution < -0.4 is 10.2 Å². The van der Waals surface area contributed by atoms with Crippen LogP contribution in [0.1, 0.15) is 26.7 Å². The van der Waals surface area contributed by atoms with Gasteiger partial charge < -0.3 is 14.6 Å². The van der Waals surface area contributed by atoms with Gasteiger partial charge in [-0.1, -0.05) is 37.6 Å². The molecule has 0 radical (unpaired) electrons. The van der Waals surface area contributed by atoms with Gasteiger partial charge in [-0.3, -0.25) is 4.79 Å². The topological polar surface area (TPSA) is 95.8 Å². The van der Waals surface area contributed by atoms with Crippen LogP contribution in [0.3, 0.4) is 0 Å². The summed E-state index contributed by atoms with van der Waals surface area (Å²) in [6.45, 7) is 5.51. The number of hydrogen-bond acceptors (Lipinski definition) is 6. The summed E-state index contributed by atoms with van der Waals surface area (Å²) in [5.74, 6) is -0.329. The standard InChI is InChI=1S/C23H27ClN4O4S/c1-3-28(4-2)33(30,31)21-15-17(9-10-18(21)24)25-22(29)16-11-13-27(14-12-16)23-26-19-7-5-6-8-20(19)32-23/h5-10,15-16H,3-4,11-14H2,1-2H3,(H,25,29). The number of para-hydroxylation sites is 2. The Hall–Kier alpha value is -2.62. The maximum atomic E-state index is 12.9. The van der Waals surface area contributed by atoms with Gasteiger partial charge in [0, 0.05) is 37.8 Å². The first-order valence-electron chi connectivity index (χ1n) is 11.0. The van der Waals surface area contributed by atoms with E-state index >= 15 is 0 Å². The number of nitrogens with zero attached hydrogens (tertiary/aromatic N) is 3. The number of carbonyl (C=O) groups is 1. The Morgan fingerprint density at radius 3 is 2.55 bits per heavy atom. The van der Waals surface area contributed by atoms with Crippen LogP contribution in [-0.4, -0.2) is 49.8 Å². The van der Waals surface area contributed by atoms with Crippen molar-refractivity contribution in [1.29, 1.82) is 0 Å². The lowest BCUT2D eigenvalue weighted by Gasteiger charge is -2.30. The number of rotatable bonds is 7. The molecule has 1 amide bonds. The third kappa shape index (κ3) is 4.85. The molecule has 1 fully saturated rings. The van der Waals surface area contributed by atoms with Gasteiger partial charge in [0.1, 0.15) is 10.4 Å². The minimum absolute atomic E-state index is 0.00329. The molecule has 1 aromatic heterocycles. The van der Waals surface area contributed by atoms with Crippen LogP contribution in [0.4, 0.5) is 11.7 Å². The SMILES string of the molecule is CCN(CC)S(=O)(=O)c1cc(NC(=O)C2CCN(c3nc4ccccc4o3)CC2)ccc1Cl. The Bertz CT molecular complexity index is 1220. The highest BCUT2D eigenvalue weighted by Crippen LogP contribution is 2.30. The molecule has 1 N–H and O–H groups in total. The van der Waals surface area contributed by atoms with Crippen LogP contribution in [-0.2, 0) is 14.8 Å². The fourth-order valence-electron chi connectivity index (χ4n) is 4.05. The lowest BCUT2D eigenvalue weighted by Crippen LogP contribution is -2.38. The van der Waals surface area contributed by atoms with Gasteiger partial charge in [0.15, 0.2) is 5.58 Å². The summed E-state index contributed by atoms with van der Waals surface area (Å²) in [7, 11) is -3.74. The largest absolute Gasteiger partial charge is 0.423 e. The average Bonchev–Trinajstić information content (AvgIpc) is 3.25. The highest BCUT2D eigenvalue weighted by molar-refractivity contribution is 7.89. The summed E-state index contributed by atoms with van der Waals surface area (Å²) in [5, 5.41) is 3.00. The van der Waals surface area contributed by atoms with Crippen molar-refractivity contribution in [2.24, 2.45) is 5.92 Å². The van der Waals surface area contributed by atoms with E-state index in [1.807, 2.05) is 29.2 Å². The number of nitrogens with one attached hydrogen (secondary N) is 1. The van der Waals surface area contributed by atoms with Crippen molar-refractivity contribution >= 4 is 50.3 Å². The molecule has 176 valence electrons. The normalized spacial score (nSPS) is 15.3. The van der Waals surface area contributed by atoms with Crippen LogP contribution in [0, 0.1) is 5.92 Å². The van der Waals surface area contributed by atoms with E-state index in [4.69, 9.17) is 16.0 Å². The van der Waals surface area contributed by atoms with Crippen molar-refractivity contribution in [1.82, 2.24) is 9.29 Å². The minimum atomic E-state index is -3.74. The number of fused-ring (bicyclic) bond motifs is 1. The molecular weight excluding hydrogens is 464 g/mol. The van der Waals surface area contributed by atoms with Crippen LogP contribution in [0.25, 0.3) is 11.1 Å². The van der Waals surface area contributed by atoms with Crippen molar-refractivity contribution in [2.75, 3.05) is 36.4 Å². The van der Waals surface area contributed by atoms with Gasteiger partial charge in [-0.25, -0.2) is 8.42 Å². The van der Waals surface area contributed by atoms with Gasteiger partial charge in [0.2, 0.25) is 15.9 Å². The van der Waals surface area contributed by atoms with E-state index in [2.05, 4.69) is 10.3 Å². The number of sulfonamides is 1. The second kappa shape index (κ2) is 9.70. The van der Waals surface area contributed by atoms with Gasteiger partial charge in [-0.2, -0.15) is 9.29 Å². The van der Waals surface area contributed by atoms with Gasteiger partial charge in [-0.05, 0) is 43.2 Å². The van der Waals surface area contributed by atoms with Gasteiger partial charge in [0.05, 0.1) is 5.02 Å². The monoisotopic (exact) mass is 490 g/mol. The second-order valence-electron chi connectivity index (χ2n) is 7.95. The number of benzene rings is 2. The molecule has 3 aromatic rings. The molecule has 2 aromatic carbocycles. The zero-order valence-electron chi connectivity index (χ0n) is 18.6. The molecular formula is C23H27ClN4O4S. The van der Waals surface area contributed by atoms with Crippen molar-refractivity contribution in [2.45, 2.75) is 31.6 Å². The van der Waals surface area contributed by atoms with E-state index in [9.17, 15) is 13.2 Å². The van der Waals surface area contributed by atoms with Crippen molar-refractivity contribution < 1.29 is 17.6 Å². The smallest absolute Gasteiger partial charge is 0.298 e. The number of anilines is 2. The first-order valence-corrected chi connectivity index (χ1v) is 12.9. The second-order valence-corrected chi connectivity index (χ2v) is 10.3. The number of aromatic nitrogens is 1. The summed E-state index contributed by atoms with van der Waals surface area (Å²) in [6.07, 6.45) is 1.28. The van der Waals surface area contributed by atoms with Crippen LogP contribution in [0.5, 0.6) is 0 Å². The summed E-state index contributed by atoms with van der Waals surface area (Å²) < 4.78 is 33.0. The molecule has 0 spiro atoms. The average molecular weight is 491 g/mol. The zero-order valence-corrected chi connectivity index (χ0v) is 20.2. The highest BCUT2D eigenvalue weighted by atomic mass is 35.5. The third-order valence-electron chi connectivity index (χ3n) is 5.94. The van der Waals surface area contributed by atoms with Gasteiger partial charge in [-0.15, -0.1) is 0 Å². The van der Waals surface area contributed by atoms with Crippen LogP contribution in [0.2, 0.25) is 5.02 Å². The Kier molecular flexibility index (Phi) is 6.92. The third-order valence-corrected chi connectivity index (χ3v) is 8.47. The lowest BCUT2D eigenvalue weighted by atomic mass is 9.96. The van der Waals surface area contributed by atoms with Crippen LogP contribution in [0.15, 0.2) is 51.8 Å². The first-order chi connectivity index (χ1) is 15.8. The van der Waals surface area contributed by atoms with Crippen molar-refractivity contribution in [3.8, 4) is 0 Å². The molecule has 8 nitrogen and oxygen atoms in total.